The summed E-state index contributed by atoms with van der Waals surface area (Å²) in [5.74, 6) is 1.29. The van der Waals surface area contributed by atoms with E-state index in [2.05, 4.69) is 15.2 Å². The fourth-order valence-electron chi connectivity index (χ4n) is 3.18. The molecule has 1 aliphatic rings. The van der Waals surface area contributed by atoms with Gasteiger partial charge in [0.1, 0.15) is 15.4 Å². The van der Waals surface area contributed by atoms with E-state index in [4.69, 9.17) is 9.47 Å². The van der Waals surface area contributed by atoms with E-state index in [9.17, 15) is 13.2 Å². The molecule has 0 unspecified atom stereocenters. The van der Waals surface area contributed by atoms with Gasteiger partial charge >= 0.3 is 6.09 Å². The SMILES string of the molecule is CCN(CC1CCN(C(=NC)NCCOCCS(C)(=O)=O)CC1)C(=O)OC(C)(C)C.I. The summed E-state index contributed by atoms with van der Waals surface area (Å²) in [6, 6.07) is 0. The zero-order chi connectivity index (χ0) is 22.8. The molecule has 1 amide bonds. The summed E-state index contributed by atoms with van der Waals surface area (Å²) in [7, 11) is -1.24. The van der Waals surface area contributed by atoms with Gasteiger partial charge in [0.15, 0.2) is 5.96 Å². The van der Waals surface area contributed by atoms with Crippen LogP contribution in [0.5, 0.6) is 0 Å². The number of hydrogen-bond donors (Lipinski definition) is 1. The maximum atomic E-state index is 12.3. The molecule has 0 aliphatic carbocycles. The van der Waals surface area contributed by atoms with Crippen LogP contribution in [0.2, 0.25) is 0 Å². The highest BCUT2D eigenvalue weighted by Gasteiger charge is 2.27. The van der Waals surface area contributed by atoms with Crippen LogP contribution in [0, 0.1) is 5.92 Å². The molecule has 31 heavy (non-hydrogen) atoms. The van der Waals surface area contributed by atoms with Gasteiger partial charge in [-0.05, 0) is 46.5 Å². The first-order chi connectivity index (χ1) is 13.9. The van der Waals surface area contributed by atoms with Crippen LogP contribution in [0.15, 0.2) is 4.99 Å². The summed E-state index contributed by atoms with van der Waals surface area (Å²) < 4.78 is 33.0. The minimum atomic E-state index is -2.99. The first-order valence-electron chi connectivity index (χ1n) is 10.6. The van der Waals surface area contributed by atoms with Gasteiger partial charge in [0.2, 0.25) is 0 Å². The van der Waals surface area contributed by atoms with Crippen LogP contribution in [0.25, 0.3) is 0 Å². The van der Waals surface area contributed by atoms with E-state index in [0.717, 1.165) is 31.9 Å². The Balaban J connectivity index is 0.00000900. The van der Waals surface area contributed by atoms with Crippen molar-refractivity contribution in [2.75, 3.05) is 65.0 Å². The quantitative estimate of drug-likeness (QED) is 0.195. The van der Waals surface area contributed by atoms with Crippen molar-refractivity contribution < 1.29 is 22.7 Å². The van der Waals surface area contributed by atoms with E-state index in [0.29, 0.717) is 32.2 Å². The third kappa shape index (κ3) is 13.4. The number of likely N-dealkylation sites (tertiary alicyclic amines) is 1. The molecule has 0 atom stereocenters. The Morgan fingerprint density at radius 2 is 1.84 bits per heavy atom. The number of amides is 1. The Kier molecular flexibility index (Phi) is 14.0. The van der Waals surface area contributed by atoms with E-state index in [1.54, 1.807) is 11.9 Å². The van der Waals surface area contributed by atoms with Crippen molar-refractivity contribution in [1.29, 1.82) is 0 Å². The molecule has 1 N–H and O–H groups in total. The number of carbonyl (C=O) groups is 1. The number of piperidine rings is 1. The van der Waals surface area contributed by atoms with Gasteiger partial charge in [-0.25, -0.2) is 13.2 Å². The molecule has 9 nitrogen and oxygen atoms in total. The van der Waals surface area contributed by atoms with Crippen LogP contribution in [0.1, 0.15) is 40.5 Å². The average molecular weight is 577 g/mol. The molecule has 0 aromatic rings. The van der Waals surface area contributed by atoms with Crippen molar-refractivity contribution >= 4 is 45.9 Å². The summed E-state index contributed by atoms with van der Waals surface area (Å²) in [5.41, 5.74) is -0.486. The van der Waals surface area contributed by atoms with Crippen molar-refractivity contribution in [3.63, 3.8) is 0 Å². The van der Waals surface area contributed by atoms with Gasteiger partial charge in [-0.15, -0.1) is 24.0 Å². The van der Waals surface area contributed by atoms with Gasteiger partial charge in [0, 0.05) is 46.0 Å². The third-order valence-corrected chi connectivity index (χ3v) is 5.67. The van der Waals surface area contributed by atoms with Crippen LogP contribution in [0.3, 0.4) is 0 Å². The van der Waals surface area contributed by atoms with Crippen LogP contribution in [0.4, 0.5) is 4.79 Å². The average Bonchev–Trinajstić information content (AvgIpc) is 2.64. The van der Waals surface area contributed by atoms with Crippen molar-refractivity contribution in [1.82, 2.24) is 15.1 Å². The molecule has 0 spiro atoms. The fraction of sp³-hybridized carbons (Fsp3) is 0.900. The topological polar surface area (TPSA) is 101 Å². The highest BCUT2D eigenvalue weighted by molar-refractivity contribution is 14.0. The van der Waals surface area contributed by atoms with Crippen molar-refractivity contribution in [3.8, 4) is 0 Å². The summed E-state index contributed by atoms with van der Waals surface area (Å²) in [6.07, 6.45) is 2.91. The lowest BCUT2D eigenvalue weighted by Crippen LogP contribution is -2.48. The van der Waals surface area contributed by atoms with Crippen molar-refractivity contribution in [2.24, 2.45) is 10.9 Å². The summed E-state index contributed by atoms with van der Waals surface area (Å²) in [6.45, 7) is 11.9. The van der Waals surface area contributed by atoms with Gasteiger partial charge in [-0.3, -0.25) is 4.99 Å². The summed E-state index contributed by atoms with van der Waals surface area (Å²) >= 11 is 0. The minimum Gasteiger partial charge on any atom is -0.444 e. The standard InChI is InChI=1S/C20H40N4O5S.HI/c1-7-23(19(25)29-20(2,3)4)16-17-8-11-24(12-9-17)18(21-5)22-10-13-28-14-15-30(6,26)27;/h17H,7-16H2,1-6H3,(H,21,22);1H. The number of nitrogens with one attached hydrogen (secondary N) is 1. The molecule has 0 saturated carbocycles. The number of ether oxygens (including phenoxy) is 2. The first-order valence-corrected chi connectivity index (χ1v) is 12.7. The van der Waals surface area contributed by atoms with E-state index >= 15 is 0 Å². The number of hydrogen-bond acceptors (Lipinski definition) is 6. The maximum absolute atomic E-state index is 12.3. The highest BCUT2D eigenvalue weighted by atomic mass is 127. The Morgan fingerprint density at radius 3 is 2.32 bits per heavy atom. The van der Waals surface area contributed by atoms with Gasteiger partial charge in [0.25, 0.3) is 0 Å². The highest BCUT2D eigenvalue weighted by Crippen LogP contribution is 2.20. The van der Waals surface area contributed by atoms with Gasteiger partial charge in [0.05, 0.1) is 19.0 Å². The van der Waals surface area contributed by atoms with Crippen LogP contribution in [-0.4, -0.2) is 101 Å². The van der Waals surface area contributed by atoms with Crippen LogP contribution < -0.4 is 5.32 Å². The number of rotatable bonds is 9. The Morgan fingerprint density at radius 1 is 1.23 bits per heavy atom. The zero-order valence-corrected chi connectivity index (χ0v) is 23.0. The molecule has 1 aliphatic heterocycles. The maximum Gasteiger partial charge on any atom is 0.410 e. The second-order valence-corrected chi connectivity index (χ2v) is 10.9. The third-order valence-electron chi connectivity index (χ3n) is 4.77. The number of guanidine groups is 1. The molecule has 184 valence electrons. The monoisotopic (exact) mass is 576 g/mol. The lowest BCUT2D eigenvalue weighted by molar-refractivity contribution is 0.0214. The van der Waals surface area contributed by atoms with E-state index in [1.807, 2.05) is 27.7 Å². The number of aliphatic imine (C=N–C) groups is 1. The fourth-order valence-corrected chi connectivity index (χ4v) is 3.60. The predicted molar refractivity (Wildman–Crippen MR) is 135 cm³/mol. The zero-order valence-electron chi connectivity index (χ0n) is 19.8. The minimum absolute atomic E-state index is 0. The number of carbonyl (C=O) groups excluding carboxylic acids is 1. The molecule has 1 rings (SSSR count). The number of halogens is 1. The van der Waals surface area contributed by atoms with E-state index in [-0.39, 0.29) is 42.4 Å². The summed E-state index contributed by atoms with van der Waals surface area (Å²) in [4.78, 5) is 20.7. The summed E-state index contributed by atoms with van der Waals surface area (Å²) in [5, 5.41) is 3.26. The molecule has 0 radical (unpaired) electrons. The molecule has 1 saturated heterocycles. The molecular weight excluding hydrogens is 535 g/mol. The van der Waals surface area contributed by atoms with E-state index in [1.165, 1.54) is 6.26 Å². The Labute approximate surface area is 205 Å². The lowest BCUT2D eigenvalue weighted by atomic mass is 9.96. The number of sulfone groups is 1. The van der Waals surface area contributed by atoms with Gasteiger partial charge in [-0.2, -0.15) is 0 Å². The largest absolute Gasteiger partial charge is 0.444 e. The normalized spacial score (nSPS) is 15.9. The second kappa shape index (κ2) is 14.4. The predicted octanol–water partition coefficient (Wildman–Crippen LogP) is 2.21. The molecule has 0 aromatic carbocycles. The molecular formula is C20H41IN4O5S. The molecule has 11 heteroatoms. The smallest absolute Gasteiger partial charge is 0.410 e. The molecule has 1 fully saturated rings. The Hall–Kier alpha value is -0.820. The second-order valence-electron chi connectivity index (χ2n) is 8.67. The van der Waals surface area contributed by atoms with Crippen molar-refractivity contribution in [3.05, 3.63) is 0 Å². The van der Waals surface area contributed by atoms with Gasteiger partial charge in [-0.1, -0.05) is 0 Å². The molecule has 1 heterocycles. The lowest BCUT2D eigenvalue weighted by Gasteiger charge is -2.36. The Bertz CT molecular complexity index is 659. The first kappa shape index (κ1) is 30.2. The molecule has 0 aromatic heterocycles. The van der Waals surface area contributed by atoms with E-state index < -0.39 is 15.4 Å². The number of nitrogens with zero attached hydrogens (tertiary/aromatic N) is 3. The van der Waals surface area contributed by atoms with Gasteiger partial charge < -0.3 is 24.6 Å². The van der Waals surface area contributed by atoms with Crippen LogP contribution >= 0.6 is 24.0 Å². The van der Waals surface area contributed by atoms with Crippen molar-refractivity contribution in [2.45, 2.75) is 46.1 Å². The molecule has 0 bridgehead atoms. The van der Waals surface area contributed by atoms with Crippen LogP contribution in [-0.2, 0) is 19.3 Å².